The highest BCUT2D eigenvalue weighted by Gasteiger charge is 2.44. The van der Waals surface area contributed by atoms with Crippen molar-refractivity contribution in [2.24, 2.45) is 0 Å². The van der Waals surface area contributed by atoms with Crippen molar-refractivity contribution in [3.05, 3.63) is 107 Å². The predicted octanol–water partition coefficient (Wildman–Crippen LogP) is 8.70. The summed E-state index contributed by atoms with van der Waals surface area (Å²) < 4.78 is 2.54. The summed E-state index contributed by atoms with van der Waals surface area (Å²) in [5, 5.41) is 3.60. The summed E-state index contributed by atoms with van der Waals surface area (Å²) in [5.41, 5.74) is 12.5. The monoisotopic (exact) mass is 534 g/mol. The summed E-state index contributed by atoms with van der Waals surface area (Å²) in [6.45, 7) is 16.1. The Bertz CT molecular complexity index is 1430. The molecule has 0 amide bonds. The molecular weight excluding hydrogens is 486 g/mol. The molecule has 0 aromatic heterocycles. The minimum absolute atomic E-state index is 0.00776. The summed E-state index contributed by atoms with van der Waals surface area (Å²) in [5.74, 6) is 0. The quantitative estimate of drug-likeness (QED) is 0.341. The number of hydrogen-bond acceptors (Lipinski definition) is 2. The first-order chi connectivity index (χ1) is 19.2. The van der Waals surface area contributed by atoms with Gasteiger partial charge in [0.25, 0.3) is 0 Å². The number of benzene rings is 2. The standard InChI is InChI=1S/C37H47N3/c1-8-25-39-31-19-12-10-17-29(31)36(3,4)33(39)23-21-27-15-14-16-28(35(27)38-7)22-24-34-37(5,6)30-18-11-13-20-32(30)40(34)26-9-2/h10-13,17-24H,8-9,14-16,25-26H2,1-7H3/p+1/b27-21+,33-23+. The van der Waals surface area contributed by atoms with Gasteiger partial charge in [0.15, 0.2) is 5.71 Å². The van der Waals surface area contributed by atoms with E-state index in [9.17, 15) is 0 Å². The molecule has 5 rings (SSSR count). The van der Waals surface area contributed by atoms with Crippen LogP contribution in [0.4, 0.5) is 11.4 Å². The molecule has 2 aliphatic heterocycles. The van der Waals surface area contributed by atoms with Crippen molar-refractivity contribution >= 4 is 17.1 Å². The Morgan fingerprint density at radius 1 is 0.850 bits per heavy atom. The van der Waals surface area contributed by atoms with Gasteiger partial charge in [-0.3, -0.25) is 0 Å². The third-order valence-electron chi connectivity index (χ3n) is 9.16. The maximum absolute atomic E-state index is 3.60. The minimum atomic E-state index is -0.00776. The molecule has 3 heteroatoms. The van der Waals surface area contributed by atoms with E-state index in [0.717, 1.165) is 38.8 Å². The SMILES string of the molecule is CCCN1/C(=C/C=C2\CCCC(/C=C/C3=[N+](CCC)c4ccccc4C3(C)C)=C2NC)C(C)(C)c2ccccc21. The summed E-state index contributed by atoms with van der Waals surface area (Å²) in [6.07, 6.45) is 15.3. The third-order valence-corrected chi connectivity index (χ3v) is 9.16. The highest BCUT2D eigenvalue weighted by Crippen LogP contribution is 2.48. The zero-order chi connectivity index (χ0) is 28.5. The lowest BCUT2D eigenvalue weighted by Crippen LogP contribution is -2.28. The van der Waals surface area contributed by atoms with E-state index in [1.807, 2.05) is 0 Å². The summed E-state index contributed by atoms with van der Waals surface area (Å²) in [7, 11) is 2.08. The van der Waals surface area contributed by atoms with Gasteiger partial charge in [0.05, 0.1) is 5.41 Å². The number of hydrogen-bond donors (Lipinski definition) is 1. The second-order valence-corrected chi connectivity index (χ2v) is 12.6. The molecule has 0 fully saturated rings. The van der Waals surface area contributed by atoms with Gasteiger partial charge in [-0.1, -0.05) is 76.2 Å². The van der Waals surface area contributed by atoms with E-state index < -0.39 is 0 Å². The lowest BCUT2D eigenvalue weighted by Gasteiger charge is -2.27. The molecule has 1 N–H and O–H groups in total. The van der Waals surface area contributed by atoms with Gasteiger partial charge >= 0.3 is 0 Å². The highest BCUT2D eigenvalue weighted by molar-refractivity contribution is 6.03. The molecule has 210 valence electrons. The van der Waals surface area contributed by atoms with Crippen LogP contribution in [-0.4, -0.2) is 30.4 Å². The van der Waals surface area contributed by atoms with Gasteiger partial charge in [0.1, 0.15) is 6.54 Å². The Morgan fingerprint density at radius 2 is 1.57 bits per heavy atom. The molecule has 40 heavy (non-hydrogen) atoms. The highest BCUT2D eigenvalue weighted by atomic mass is 15.2. The number of nitrogens with zero attached hydrogens (tertiary/aromatic N) is 2. The second kappa shape index (κ2) is 11.3. The first kappa shape index (κ1) is 28.2. The van der Waals surface area contributed by atoms with Crippen LogP contribution in [-0.2, 0) is 10.8 Å². The number of likely N-dealkylation sites (N-methyl/N-ethyl adjacent to an activating group) is 1. The maximum atomic E-state index is 3.60. The maximum Gasteiger partial charge on any atom is 0.209 e. The largest absolute Gasteiger partial charge is 0.388 e. The molecule has 3 nitrogen and oxygen atoms in total. The van der Waals surface area contributed by atoms with Gasteiger partial charge in [0.2, 0.25) is 5.69 Å². The van der Waals surface area contributed by atoms with Crippen LogP contribution < -0.4 is 10.2 Å². The van der Waals surface area contributed by atoms with Crippen LogP contribution in [0.2, 0.25) is 0 Å². The Morgan fingerprint density at radius 3 is 2.30 bits per heavy atom. The zero-order valence-corrected chi connectivity index (χ0v) is 25.8. The Hall–Kier alpha value is -3.33. The minimum Gasteiger partial charge on any atom is -0.388 e. The number of anilines is 1. The van der Waals surface area contributed by atoms with E-state index in [1.165, 1.54) is 57.2 Å². The average molecular weight is 535 g/mol. The second-order valence-electron chi connectivity index (χ2n) is 12.6. The molecule has 0 unspecified atom stereocenters. The Balaban J connectivity index is 1.52. The molecule has 3 aliphatic rings. The van der Waals surface area contributed by atoms with E-state index in [0.29, 0.717) is 0 Å². The molecule has 0 bridgehead atoms. The van der Waals surface area contributed by atoms with Crippen molar-refractivity contribution < 1.29 is 4.58 Å². The van der Waals surface area contributed by atoms with Crippen molar-refractivity contribution in [1.82, 2.24) is 5.32 Å². The molecule has 1 aliphatic carbocycles. The first-order valence-corrected chi connectivity index (χ1v) is 15.4. The van der Waals surface area contributed by atoms with Crippen molar-refractivity contribution in [2.45, 2.75) is 84.5 Å². The number of nitrogens with one attached hydrogen (secondary N) is 1. The fraction of sp³-hybridized carbons (Fsp3) is 0.432. The summed E-state index contributed by atoms with van der Waals surface area (Å²) in [4.78, 5) is 2.54. The lowest BCUT2D eigenvalue weighted by atomic mass is 9.81. The van der Waals surface area contributed by atoms with Crippen LogP contribution in [0.15, 0.2) is 95.4 Å². The molecule has 2 aromatic rings. The third kappa shape index (κ3) is 4.78. The predicted molar refractivity (Wildman–Crippen MR) is 172 cm³/mol. The van der Waals surface area contributed by atoms with E-state index in [2.05, 4.69) is 136 Å². The van der Waals surface area contributed by atoms with Gasteiger partial charge in [0, 0.05) is 60.2 Å². The first-order valence-electron chi connectivity index (χ1n) is 15.4. The van der Waals surface area contributed by atoms with E-state index in [4.69, 9.17) is 0 Å². The van der Waals surface area contributed by atoms with Crippen LogP contribution in [0.25, 0.3) is 0 Å². The van der Waals surface area contributed by atoms with Crippen LogP contribution in [0.3, 0.4) is 0 Å². The molecule has 2 aromatic carbocycles. The fourth-order valence-electron chi connectivity index (χ4n) is 7.15. The Labute approximate surface area is 242 Å². The molecule has 0 spiro atoms. The van der Waals surface area contributed by atoms with Gasteiger partial charge in [-0.15, -0.1) is 0 Å². The average Bonchev–Trinajstić information content (AvgIpc) is 3.30. The van der Waals surface area contributed by atoms with Crippen LogP contribution in [0.1, 0.15) is 84.8 Å². The van der Waals surface area contributed by atoms with Crippen molar-refractivity contribution in [2.75, 3.05) is 25.0 Å². The normalized spacial score (nSPS) is 21.6. The summed E-state index contributed by atoms with van der Waals surface area (Å²) >= 11 is 0. The molecular formula is C37H48N3+. The molecule has 0 atom stereocenters. The Kier molecular flexibility index (Phi) is 7.95. The van der Waals surface area contributed by atoms with Crippen molar-refractivity contribution in [3.8, 4) is 0 Å². The number of fused-ring (bicyclic) bond motifs is 2. The molecule has 0 radical (unpaired) electrons. The van der Waals surface area contributed by atoms with Crippen molar-refractivity contribution in [1.29, 1.82) is 0 Å². The summed E-state index contributed by atoms with van der Waals surface area (Å²) in [6, 6.07) is 17.9. The van der Waals surface area contributed by atoms with Crippen LogP contribution >= 0.6 is 0 Å². The smallest absolute Gasteiger partial charge is 0.209 e. The van der Waals surface area contributed by atoms with Crippen LogP contribution in [0, 0.1) is 0 Å². The fourth-order valence-corrected chi connectivity index (χ4v) is 7.15. The number of rotatable bonds is 8. The number of allylic oxidation sites excluding steroid dienone is 7. The van der Waals surface area contributed by atoms with E-state index in [1.54, 1.807) is 0 Å². The van der Waals surface area contributed by atoms with Gasteiger partial charge in [-0.2, -0.15) is 4.58 Å². The topological polar surface area (TPSA) is 18.3 Å². The molecule has 0 saturated heterocycles. The van der Waals surface area contributed by atoms with Gasteiger partial charge in [-0.25, -0.2) is 0 Å². The molecule has 0 saturated carbocycles. The number of para-hydroxylation sites is 2. The van der Waals surface area contributed by atoms with Gasteiger partial charge < -0.3 is 10.2 Å². The molecule has 2 heterocycles. The van der Waals surface area contributed by atoms with Crippen molar-refractivity contribution in [3.63, 3.8) is 0 Å². The van der Waals surface area contributed by atoms with Gasteiger partial charge in [-0.05, 0) is 68.4 Å². The zero-order valence-electron chi connectivity index (χ0n) is 25.8. The van der Waals surface area contributed by atoms with Crippen LogP contribution in [0.5, 0.6) is 0 Å². The van der Waals surface area contributed by atoms with E-state index in [-0.39, 0.29) is 10.8 Å². The lowest BCUT2D eigenvalue weighted by molar-refractivity contribution is -0.437. The van der Waals surface area contributed by atoms with E-state index >= 15 is 0 Å².